The van der Waals surface area contributed by atoms with E-state index in [0.717, 1.165) is 28.9 Å². The summed E-state index contributed by atoms with van der Waals surface area (Å²) in [5.41, 5.74) is 3.53. The third-order valence-corrected chi connectivity index (χ3v) is 5.03. The number of benzene rings is 1. The molecular formula is C14H15N3OS. The summed E-state index contributed by atoms with van der Waals surface area (Å²) in [4.78, 5) is 19.0. The van der Waals surface area contributed by atoms with Crippen LogP contribution < -0.4 is 5.32 Å². The fraction of sp³-hybridized carbons (Fsp3) is 0.429. The third-order valence-electron chi connectivity index (χ3n) is 4.24. The molecule has 1 N–H and O–H groups in total. The van der Waals surface area contributed by atoms with Gasteiger partial charge < -0.3 is 10.2 Å². The quantitative estimate of drug-likeness (QED) is 0.906. The summed E-state index contributed by atoms with van der Waals surface area (Å²) >= 11 is 1.57. The number of hydrogen-bond donors (Lipinski definition) is 1. The first-order valence-electron chi connectivity index (χ1n) is 6.66. The second-order valence-electron chi connectivity index (χ2n) is 5.42. The second kappa shape index (κ2) is 4.28. The zero-order chi connectivity index (χ0) is 12.8. The summed E-state index contributed by atoms with van der Waals surface area (Å²) in [6, 6.07) is 6.06. The fourth-order valence-electron chi connectivity index (χ4n) is 3.20. The highest BCUT2D eigenvalue weighted by molar-refractivity contribution is 7.16. The van der Waals surface area contributed by atoms with Crippen LogP contribution in [0, 0.1) is 5.92 Å². The molecule has 4 rings (SSSR count). The maximum atomic E-state index is 12.3. The van der Waals surface area contributed by atoms with Gasteiger partial charge in [-0.15, -0.1) is 11.3 Å². The van der Waals surface area contributed by atoms with Gasteiger partial charge >= 0.3 is 0 Å². The van der Waals surface area contributed by atoms with Crippen LogP contribution >= 0.6 is 11.3 Å². The Morgan fingerprint density at radius 3 is 3.16 bits per heavy atom. The summed E-state index contributed by atoms with van der Waals surface area (Å²) in [7, 11) is 0. The first kappa shape index (κ1) is 11.4. The molecule has 3 atom stereocenters. The molecule has 1 aromatic heterocycles. The van der Waals surface area contributed by atoms with Crippen LogP contribution in [0.4, 0.5) is 0 Å². The third kappa shape index (κ3) is 1.93. The van der Waals surface area contributed by atoms with Gasteiger partial charge in [-0.2, -0.15) is 0 Å². The van der Waals surface area contributed by atoms with Gasteiger partial charge in [0.2, 0.25) is 0 Å². The molecule has 98 valence electrons. The van der Waals surface area contributed by atoms with Crippen LogP contribution in [0.3, 0.4) is 0 Å². The molecule has 1 amide bonds. The highest BCUT2D eigenvalue weighted by atomic mass is 32.1. The van der Waals surface area contributed by atoms with Crippen molar-refractivity contribution in [2.45, 2.75) is 12.5 Å². The molecular weight excluding hydrogens is 258 g/mol. The van der Waals surface area contributed by atoms with Crippen LogP contribution in [0.25, 0.3) is 10.2 Å². The summed E-state index contributed by atoms with van der Waals surface area (Å²) in [5, 5.41) is 3.19. The van der Waals surface area contributed by atoms with Crippen molar-refractivity contribution < 1.29 is 4.79 Å². The number of piperidine rings is 1. The Morgan fingerprint density at radius 1 is 1.42 bits per heavy atom. The molecule has 4 nitrogen and oxygen atoms in total. The summed E-state index contributed by atoms with van der Waals surface area (Å²) in [6.07, 6.45) is 1.22. The van der Waals surface area contributed by atoms with E-state index in [9.17, 15) is 4.79 Å². The number of fused-ring (bicyclic) bond motifs is 3. The van der Waals surface area contributed by atoms with E-state index in [-0.39, 0.29) is 5.91 Å². The van der Waals surface area contributed by atoms with Gasteiger partial charge in [-0.25, -0.2) is 4.98 Å². The number of carbonyl (C=O) groups is 1. The highest BCUT2D eigenvalue weighted by Crippen LogP contribution is 2.28. The van der Waals surface area contributed by atoms with E-state index in [1.165, 1.54) is 13.0 Å². The molecule has 0 radical (unpaired) electrons. The molecule has 1 aromatic carbocycles. The Bertz CT molecular complexity index is 638. The number of hydrogen-bond acceptors (Lipinski definition) is 4. The van der Waals surface area contributed by atoms with Gasteiger partial charge in [-0.1, -0.05) is 0 Å². The number of thiazole rings is 1. The Kier molecular flexibility index (Phi) is 2.56. The maximum absolute atomic E-state index is 12.3. The molecule has 2 aromatic rings. The van der Waals surface area contributed by atoms with Crippen LogP contribution in [0.1, 0.15) is 16.8 Å². The van der Waals surface area contributed by atoms with Crippen molar-refractivity contribution in [2.24, 2.45) is 5.92 Å². The average Bonchev–Trinajstić information content (AvgIpc) is 3.13. The summed E-state index contributed by atoms with van der Waals surface area (Å²) < 4.78 is 1.07. The minimum absolute atomic E-state index is 0.0500. The van der Waals surface area contributed by atoms with Crippen LogP contribution in [0.15, 0.2) is 23.7 Å². The molecule has 2 saturated heterocycles. The Labute approximate surface area is 115 Å². The Morgan fingerprint density at radius 2 is 2.37 bits per heavy atom. The van der Waals surface area contributed by atoms with E-state index >= 15 is 0 Å². The van der Waals surface area contributed by atoms with Gasteiger partial charge in [0.1, 0.15) is 0 Å². The average molecular weight is 273 g/mol. The normalized spacial score (nSPS) is 28.9. The minimum atomic E-state index is 0.0500. The minimum Gasteiger partial charge on any atom is -0.348 e. The molecule has 0 spiro atoms. The van der Waals surface area contributed by atoms with Crippen LogP contribution in [0.2, 0.25) is 0 Å². The topological polar surface area (TPSA) is 45.2 Å². The van der Waals surface area contributed by atoms with Gasteiger partial charge in [0.05, 0.1) is 15.7 Å². The number of aromatic nitrogens is 1. The molecule has 5 heteroatoms. The molecule has 3 heterocycles. The lowest BCUT2D eigenvalue weighted by Crippen LogP contribution is -2.43. The van der Waals surface area contributed by atoms with Crippen molar-refractivity contribution in [3.8, 4) is 0 Å². The number of carbonyl (C=O) groups excluding carboxylic acids is 1. The smallest absolute Gasteiger partial charge is 0.251 e. The fourth-order valence-corrected chi connectivity index (χ4v) is 3.91. The number of nitrogens with one attached hydrogen (secondary N) is 1. The van der Waals surface area contributed by atoms with Gasteiger partial charge in [0, 0.05) is 24.7 Å². The largest absolute Gasteiger partial charge is 0.348 e. The van der Waals surface area contributed by atoms with Crippen molar-refractivity contribution >= 4 is 27.5 Å². The standard InChI is InChI=1S/C14H15N3OS/c18-14(16-12-7-17-4-3-10(12)6-17)9-1-2-11-13(5-9)19-8-15-11/h1-2,5,8,10,12H,3-4,6-7H2,(H,16,18). The first-order chi connectivity index (χ1) is 9.29. The summed E-state index contributed by atoms with van der Waals surface area (Å²) in [6.45, 7) is 3.36. The van der Waals surface area contributed by atoms with Gasteiger partial charge in [0.15, 0.2) is 0 Å². The van der Waals surface area contributed by atoms with Crippen molar-refractivity contribution in [3.63, 3.8) is 0 Å². The molecule has 2 aliphatic rings. The number of nitrogens with zero attached hydrogens (tertiary/aromatic N) is 2. The Hall–Kier alpha value is -1.46. The highest BCUT2D eigenvalue weighted by Gasteiger charge is 2.38. The van der Waals surface area contributed by atoms with Crippen LogP contribution in [-0.2, 0) is 0 Å². The van der Waals surface area contributed by atoms with E-state index in [4.69, 9.17) is 0 Å². The lowest BCUT2D eigenvalue weighted by atomic mass is 9.99. The lowest BCUT2D eigenvalue weighted by molar-refractivity contribution is 0.0924. The van der Waals surface area contributed by atoms with Gasteiger partial charge in [-0.3, -0.25) is 4.79 Å². The van der Waals surface area contributed by atoms with E-state index in [0.29, 0.717) is 12.0 Å². The predicted molar refractivity (Wildman–Crippen MR) is 75.4 cm³/mol. The van der Waals surface area contributed by atoms with Crippen molar-refractivity contribution in [2.75, 3.05) is 19.6 Å². The second-order valence-corrected chi connectivity index (χ2v) is 6.31. The molecule has 19 heavy (non-hydrogen) atoms. The van der Waals surface area contributed by atoms with Crippen LogP contribution in [0.5, 0.6) is 0 Å². The van der Waals surface area contributed by atoms with E-state index in [1.54, 1.807) is 11.3 Å². The molecule has 2 fully saturated rings. The Balaban J connectivity index is 1.53. The van der Waals surface area contributed by atoms with E-state index in [2.05, 4.69) is 15.2 Å². The first-order valence-corrected chi connectivity index (χ1v) is 7.54. The molecule has 2 bridgehead atoms. The molecule has 2 aliphatic heterocycles. The summed E-state index contributed by atoms with van der Waals surface area (Å²) in [5.74, 6) is 0.699. The van der Waals surface area contributed by atoms with E-state index in [1.807, 2.05) is 23.7 Å². The maximum Gasteiger partial charge on any atom is 0.251 e. The molecule has 3 unspecified atom stereocenters. The van der Waals surface area contributed by atoms with Gasteiger partial charge in [0.25, 0.3) is 5.91 Å². The van der Waals surface area contributed by atoms with Gasteiger partial charge in [-0.05, 0) is 37.1 Å². The van der Waals surface area contributed by atoms with Crippen molar-refractivity contribution in [3.05, 3.63) is 29.3 Å². The zero-order valence-electron chi connectivity index (χ0n) is 10.5. The predicted octanol–water partition coefficient (Wildman–Crippen LogP) is 1.73. The van der Waals surface area contributed by atoms with Crippen molar-refractivity contribution in [1.82, 2.24) is 15.2 Å². The molecule has 0 saturated carbocycles. The number of amides is 1. The van der Waals surface area contributed by atoms with Crippen LogP contribution in [-0.4, -0.2) is 41.5 Å². The molecule has 0 aliphatic carbocycles. The lowest BCUT2D eigenvalue weighted by Gasteiger charge is -2.23. The van der Waals surface area contributed by atoms with E-state index < -0.39 is 0 Å². The van der Waals surface area contributed by atoms with Crippen molar-refractivity contribution in [1.29, 1.82) is 0 Å². The SMILES string of the molecule is O=C(NC1CN2CCC1C2)c1ccc2ncsc2c1. The monoisotopic (exact) mass is 273 g/mol. The zero-order valence-corrected chi connectivity index (χ0v) is 11.3. The number of rotatable bonds is 2.